The summed E-state index contributed by atoms with van der Waals surface area (Å²) in [5.41, 5.74) is 0.671. The number of carbonyl (C=O) groups excluding carboxylic acids is 1. The molecule has 1 amide bonds. The molecule has 1 aromatic rings. The van der Waals surface area contributed by atoms with Crippen LogP contribution in [0.15, 0.2) is 33.7 Å². The van der Waals surface area contributed by atoms with Crippen molar-refractivity contribution >= 4 is 51.8 Å². The highest BCUT2D eigenvalue weighted by Crippen LogP contribution is 2.34. The minimum absolute atomic E-state index is 0. The molecule has 3 unspecified atom stereocenters. The van der Waals surface area contributed by atoms with Crippen molar-refractivity contribution in [3.05, 3.63) is 34.3 Å². The van der Waals surface area contributed by atoms with Crippen molar-refractivity contribution in [1.29, 1.82) is 0 Å². The average Bonchev–Trinajstić information content (AvgIpc) is 3.23. The Morgan fingerprint density at radius 3 is 2.58 bits per heavy atom. The van der Waals surface area contributed by atoms with Gasteiger partial charge in [0.25, 0.3) is 5.91 Å². The molecule has 2 saturated heterocycles. The number of guanidine groups is 1. The Kier molecular flexibility index (Phi) is 8.62. The zero-order chi connectivity index (χ0) is 17.6. The van der Waals surface area contributed by atoms with Gasteiger partial charge in [-0.2, -0.15) is 0 Å². The lowest BCUT2D eigenvalue weighted by molar-refractivity contribution is 0.0953. The predicted molar refractivity (Wildman–Crippen MR) is 117 cm³/mol. The third-order valence-electron chi connectivity index (χ3n) is 4.69. The molecule has 3 rings (SSSR count). The second-order valence-electron chi connectivity index (χ2n) is 6.48. The Labute approximate surface area is 180 Å². The number of amides is 1. The van der Waals surface area contributed by atoms with Crippen LogP contribution >= 0.6 is 39.9 Å². The van der Waals surface area contributed by atoms with Gasteiger partial charge in [0.15, 0.2) is 5.96 Å². The molecule has 1 aromatic carbocycles. The standard InChI is InChI=1S/C18H25BrN4O2.HI/c1-20-18(23-15-11-14-7-8-16(15)25-14)22-10-2-9-21-17(24)12-3-5-13(19)6-4-12;/h3-6,14-16H,2,7-11H2,1H3,(H,21,24)(H2,20,22,23);1H. The summed E-state index contributed by atoms with van der Waals surface area (Å²) >= 11 is 3.36. The summed E-state index contributed by atoms with van der Waals surface area (Å²) in [6, 6.07) is 7.71. The zero-order valence-corrected chi connectivity index (χ0v) is 18.8. The van der Waals surface area contributed by atoms with Crippen LogP contribution in [0.2, 0.25) is 0 Å². The van der Waals surface area contributed by atoms with E-state index in [2.05, 4.69) is 36.9 Å². The smallest absolute Gasteiger partial charge is 0.251 e. The number of hydrogen-bond acceptors (Lipinski definition) is 3. The number of aliphatic imine (C=N–C) groups is 1. The van der Waals surface area contributed by atoms with Gasteiger partial charge in [-0.1, -0.05) is 15.9 Å². The van der Waals surface area contributed by atoms with Gasteiger partial charge in [0.05, 0.1) is 18.2 Å². The van der Waals surface area contributed by atoms with Crippen molar-refractivity contribution in [2.24, 2.45) is 4.99 Å². The van der Waals surface area contributed by atoms with Crippen LogP contribution in [0.25, 0.3) is 0 Å². The summed E-state index contributed by atoms with van der Waals surface area (Å²) in [7, 11) is 1.78. The van der Waals surface area contributed by atoms with E-state index in [0.717, 1.165) is 36.2 Å². The van der Waals surface area contributed by atoms with Gasteiger partial charge in [0, 0.05) is 30.2 Å². The molecule has 2 fully saturated rings. The third-order valence-corrected chi connectivity index (χ3v) is 5.22. The summed E-state index contributed by atoms with van der Waals surface area (Å²) < 4.78 is 6.82. The van der Waals surface area contributed by atoms with Gasteiger partial charge < -0.3 is 20.7 Å². The van der Waals surface area contributed by atoms with E-state index in [4.69, 9.17) is 4.74 Å². The van der Waals surface area contributed by atoms with Crippen LogP contribution < -0.4 is 16.0 Å². The maximum Gasteiger partial charge on any atom is 0.251 e. The van der Waals surface area contributed by atoms with Gasteiger partial charge in [-0.25, -0.2) is 0 Å². The van der Waals surface area contributed by atoms with Crippen molar-refractivity contribution in [3.8, 4) is 0 Å². The molecular formula is C18H26BrIN4O2. The highest BCUT2D eigenvalue weighted by Gasteiger charge is 2.41. The maximum absolute atomic E-state index is 12.0. The molecule has 3 atom stereocenters. The Bertz CT molecular complexity index is 626. The molecule has 2 bridgehead atoms. The minimum Gasteiger partial charge on any atom is -0.373 e. The molecule has 0 saturated carbocycles. The van der Waals surface area contributed by atoms with Gasteiger partial charge in [-0.3, -0.25) is 9.79 Å². The van der Waals surface area contributed by atoms with Crippen LogP contribution in [0.4, 0.5) is 0 Å². The number of nitrogens with zero attached hydrogens (tertiary/aromatic N) is 1. The van der Waals surface area contributed by atoms with E-state index in [0.29, 0.717) is 30.4 Å². The van der Waals surface area contributed by atoms with Crippen LogP contribution in [-0.2, 0) is 4.74 Å². The fourth-order valence-electron chi connectivity index (χ4n) is 3.36. The highest BCUT2D eigenvalue weighted by atomic mass is 127. The van der Waals surface area contributed by atoms with Gasteiger partial charge in [-0.05, 0) is 49.9 Å². The maximum atomic E-state index is 12.0. The van der Waals surface area contributed by atoms with E-state index in [9.17, 15) is 4.79 Å². The monoisotopic (exact) mass is 536 g/mol. The number of halogens is 2. The predicted octanol–water partition coefficient (Wildman–Crippen LogP) is 2.67. The molecular weight excluding hydrogens is 511 g/mol. The molecule has 0 radical (unpaired) electrons. The van der Waals surface area contributed by atoms with E-state index in [1.54, 1.807) is 19.2 Å². The van der Waals surface area contributed by atoms with Crippen molar-refractivity contribution in [3.63, 3.8) is 0 Å². The van der Waals surface area contributed by atoms with E-state index in [-0.39, 0.29) is 29.9 Å². The van der Waals surface area contributed by atoms with Crippen molar-refractivity contribution in [2.45, 2.75) is 43.9 Å². The molecule has 3 N–H and O–H groups in total. The third kappa shape index (κ3) is 5.82. The second kappa shape index (κ2) is 10.5. The van der Waals surface area contributed by atoms with Crippen LogP contribution in [-0.4, -0.2) is 50.3 Å². The summed E-state index contributed by atoms with van der Waals surface area (Å²) in [4.78, 5) is 16.3. The largest absolute Gasteiger partial charge is 0.373 e. The van der Waals surface area contributed by atoms with Crippen LogP contribution in [0, 0.1) is 0 Å². The first-order chi connectivity index (χ1) is 12.2. The highest BCUT2D eigenvalue weighted by molar-refractivity contribution is 14.0. The quantitative estimate of drug-likeness (QED) is 0.226. The number of nitrogens with one attached hydrogen (secondary N) is 3. The van der Waals surface area contributed by atoms with Crippen molar-refractivity contribution in [2.75, 3.05) is 20.1 Å². The lowest BCUT2D eigenvalue weighted by Gasteiger charge is -2.22. The summed E-state index contributed by atoms with van der Waals surface area (Å²) in [6.45, 7) is 1.37. The Morgan fingerprint density at radius 1 is 1.23 bits per heavy atom. The van der Waals surface area contributed by atoms with Crippen LogP contribution in [0.1, 0.15) is 36.0 Å². The molecule has 0 aliphatic carbocycles. The SMILES string of the molecule is CN=C(NCCCNC(=O)c1ccc(Br)cc1)NC1CC2CCC1O2.I. The van der Waals surface area contributed by atoms with Crippen molar-refractivity contribution < 1.29 is 9.53 Å². The Balaban J connectivity index is 0.00000243. The molecule has 144 valence electrons. The normalized spacial score (nSPS) is 24.1. The van der Waals surface area contributed by atoms with Crippen LogP contribution in [0.5, 0.6) is 0 Å². The van der Waals surface area contributed by atoms with Gasteiger partial charge in [0.2, 0.25) is 0 Å². The number of ether oxygens (including phenoxy) is 1. The van der Waals surface area contributed by atoms with E-state index in [1.807, 2.05) is 12.1 Å². The number of rotatable bonds is 6. The molecule has 26 heavy (non-hydrogen) atoms. The Morgan fingerprint density at radius 2 is 1.96 bits per heavy atom. The minimum atomic E-state index is -0.0471. The van der Waals surface area contributed by atoms with E-state index in [1.165, 1.54) is 6.42 Å². The number of benzene rings is 1. The number of hydrogen-bond donors (Lipinski definition) is 3. The summed E-state index contributed by atoms with van der Waals surface area (Å²) in [6.07, 6.45) is 4.97. The molecule has 0 aromatic heterocycles. The van der Waals surface area contributed by atoms with Crippen LogP contribution in [0.3, 0.4) is 0 Å². The lowest BCUT2D eigenvalue weighted by atomic mass is 9.96. The second-order valence-corrected chi connectivity index (χ2v) is 7.39. The molecule has 2 aliphatic rings. The van der Waals surface area contributed by atoms with E-state index < -0.39 is 0 Å². The summed E-state index contributed by atoms with van der Waals surface area (Å²) in [5.74, 6) is 0.759. The molecule has 6 nitrogen and oxygen atoms in total. The first-order valence-corrected chi connectivity index (χ1v) is 9.61. The molecule has 2 heterocycles. The van der Waals surface area contributed by atoms with Gasteiger partial charge in [0.1, 0.15) is 0 Å². The first-order valence-electron chi connectivity index (χ1n) is 8.82. The first kappa shape index (κ1) is 21.4. The Hall–Kier alpha value is -0.870. The summed E-state index contributed by atoms with van der Waals surface area (Å²) in [5, 5.41) is 9.68. The topological polar surface area (TPSA) is 74.8 Å². The fraction of sp³-hybridized carbons (Fsp3) is 0.556. The lowest BCUT2D eigenvalue weighted by Crippen LogP contribution is -2.47. The zero-order valence-electron chi connectivity index (χ0n) is 14.8. The van der Waals surface area contributed by atoms with E-state index >= 15 is 0 Å². The van der Waals surface area contributed by atoms with Gasteiger partial charge >= 0.3 is 0 Å². The molecule has 0 spiro atoms. The number of fused-ring (bicyclic) bond motifs is 2. The molecule has 8 heteroatoms. The van der Waals surface area contributed by atoms with Crippen molar-refractivity contribution in [1.82, 2.24) is 16.0 Å². The average molecular weight is 537 g/mol. The van der Waals surface area contributed by atoms with Gasteiger partial charge in [-0.15, -0.1) is 24.0 Å². The fourth-order valence-corrected chi connectivity index (χ4v) is 3.62. The molecule has 2 aliphatic heterocycles. The number of carbonyl (C=O) groups is 1.